The number of nitro benzene ring substituents is 1. The lowest BCUT2D eigenvalue weighted by Crippen LogP contribution is -2.31. The number of hydrogen-bond donors (Lipinski definition) is 1. The molecule has 0 saturated carbocycles. The number of hydrogen-bond acceptors (Lipinski definition) is 7. The van der Waals surface area contributed by atoms with Crippen molar-refractivity contribution in [2.45, 2.75) is 13.0 Å². The fourth-order valence-corrected chi connectivity index (χ4v) is 2.97. The first-order valence-electron chi connectivity index (χ1n) is 9.17. The van der Waals surface area contributed by atoms with Gasteiger partial charge in [0.2, 0.25) is 0 Å². The van der Waals surface area contributed by atoms with Gasteiger partial charge in [-0.05, 0) is 25.1 Å². The molecular weight excluding hydrogens is 390 g/mol. The number of nitrogens with zero attached hydrogens (tertiary/aromatic N) is 2. The number of amides is 1. The van der Waals surface area contributed by atoms with Gasteiger partial charge >= 0.3 is 5.97 Å². The third-order valence-corrected chi connectivity index (χ3v) is 4.48. The van der Waals surface area contributed by atoms with E-state index < -0.39 is 29.4 Å². The van der Waals surface area contributed by atoms with Gasteiger partial charge in [-0.1, -0.05) is 18.2 Å². The zero-order valence-electron chi connectivity index (χ0n) is 16.7. The van der Waals surface area contributed by atoms with E-state index in [2.05, 4.69) is 5.32 Å². The van der Waals surface area contributed by atoms with Gasteiger partial charge in [-0.3, -0.25) is 14.9 Å². The number of esters is 1. The minimum Gasteiger partial charge on any atom is -0.459 e. The molecule has 1 aromatic heterocycles. The third kappa shape index (κ3) is 4.57. The zero-order chi connectivity index (χ0) is 21.8. The molecule has 1 atom stereocenters. The molecule has 9 heteroatoms. The van der Waals surface area contributed by atoms with Crippen LogP contribution in [0.4, 0.5) is 11.4 Å². The van der Waals surface area contributed by atoms with Crippen molar-refractivity contribution >= 4 is 34.2 Å². The van der Waals surface area contributed by atoms with Crippen molar-refractivity contribution < 1.29 is 23.7 Å². The summed E-state index contributed by atoms with van der Waals surface area (Å²) in [5.74, 6) is -0.772. The van der Waals surface area contributed by atoms with Crippen LogP contribution in [0.25, 0.3) is 11.0 Å². The van der Waals surface area contributed by atoms with Crippen molar-refractivity contribution in [2.75, 3.05) is 25.6 Å². The van der Waals surface area contributed by atoms with Crippen LogP contribution in [0.3, 0.4) is 0 Å². The van der Waals surface area contributed by atoms with E-state index in [0.29, 0.717) is 17.0 Å². The van der Waals surface area contributed by atoms with Crippen LogP contribution in [-0.2, 0) is 9.53 Å². The van der Waals surface area contributed by atoms with E-state index in [9.17, 15) is 19.7 Å². The van der Waals surface area contributed by atoms with Crippen molar-refractivity contribution in [3.05, 3.63) is 70.0 Å². The summed E-state index contributed by atoms with van der Waals surface area (Å²) in [5.41, 5.74) is 0.923. The first kappa shape index (κ1) is 20.8. The van der Waals surface area contributed by atoms with E-state index in [1.807, 2.05) is 30.3 Å². The Labute approximate surface area is 172 Å². The zero-order valence-corrected chi connectivity index (χ0v) is 16.7. The number of carbonyl (C=O) groups is 2. The van der Waals surface area contributed by atoms with Crippen molar-refractivity contribution in [1.29, 1.82) is 0 Å². The number of nitro groups is 1. The highest BCUT2D eigenvalue weighted by atomic mass is 16.6. The second kappa shape index (κ2) is 8.64. The minimum absolute atomic E-state index is 0.00679. The van der Waals surface area contributed by atoms with Gasteiger partial charge < -0.3 is 19.4 Å². The third-order valence-electron chi connectivity index (χ3n) is 4.48. The Hall–Kier alpha value is -3.88. The molecular formula is C21H21N3O6. The molecule has 30 heavy (non-hydrogen) atoms. The maximum atomic E-state index is 12.5. The predicted molar refractivity (Wildman–Crippen MR) is 110 cm³/mol. The van der Waals surface area contributed by atoms with E-state index in [1.165, 1.54) is 12.1 Å². The van der Waals surface area contributed by atoms with E-state index in [1.54, 1.807) is 25.9 Å². The van der Waals surface area contributed by atoms with E-state index in [0.717, 1.165) is 11.5 Å². The first-order chi connectivity index (χ1) is 14.3. The van der Waals surface area contributed by atoms with Crippen LogP contribution < -0.4 is 10.2 Å². The SMILES string of the molecule is C[C@@H](NC(=O)COC(=O)c1cc([N+](=O)[O-])ccc1N(C)C)c1cc2ccccc2o1. The fourth-order valence-electron chi connectivity index (χ4n) is 2.97. The highest BCUT2D eigenvalue weighted by Gasteiger charge is 2.21. The summed E-state index contributed by atoms with van der Waals surface area (Å²) >= 11 is 0. The van der Waals surface area contributed by atoms with Gasteiger partial charge in [0.05, 0.1) is 22.2 Å². The molecule has 1 amide bonds. The molecule has 2 aromatic carbocycles. The second-order valence-electron chi connectivity index (χ2n) is 6.90. The average Bonchev–Trinajstić information content (AvgIpc) is 3.16. The fraction of sp³-hybridized carbons (Fsp3) is 0.238. The van der Waals surface area contributed by atoms with Crippen molar-refractivity contribution in [1.82, 2.24) is 5.32 Å². The van der Waals surface area contributed by atoms with Gasteiger partial charge in [0, 0.05) is 31.6 Å². The molecule has 3 aromatic rings. The molecule has 0 fully saturated rings. The number of non-ortho nitro benzene ring substituents is 1. The quantitative estimate of drug-likeness (QED) is 0.360. The number of furan rings is 1. The lowest BCUT2D eigenvalue weighted by atomic mass is 10.1. The standard InChI is InChI=1S/C21H21N3O6/c1-13(19-10-14-6-4-5-7-18(14)30-19)22-20(25)12-29-21(26)16-11-15(24(27)28)8-9-17(16)23(2)3/h4-11,13H,12H2,1-3H3,(H,22,25)/t13-/m1/s1. The Morgan fingerprint density at radius 3 is 2.60 bits per heavy atom. The summed E-state index contributed by atoms with van der Waals surface area (Å²) < 4.78 is 10.8. The molecule has 0 saturated heterocycles. The maximum absolute atomic E-state index is 12.5. The molecule has 0 bridgehead atoms. The predicted octanol–water partition coefficient (Wildman–Crippen LogP) is 3.44. The van der Waals surface area contributed by atoms with Gasteiger partial charge in [0.15, 0.2) is 6.61 Å². The highest BCUT2D eigenvalue weighted by molar-refractivity contribution is 5.97. The summed E-state index contributed by atoms with van der Waals surface area (Å²) in [4.78, 5) is 36.7. The van der Waals surface area contributed by atoms with Gasteiger partial charge in [-0.25, -0.2) is 4.79 Å². The Bertz CT molecular complexity index is 1070. The van der Waals surface area contributed by atoms with Crippen LogP contribution in [0.5, 0.6) is 0 Å². The lowest BCUT2D eigenvalue weighted by Gasteiger charge is -2.16. The number of anilines is 1. The molecule has 156 valence electrons. The van der Waals surface area contributed by atoms with Gasteiger partial charge in [-0.15, -0.1) is 0 Å². The molecule has 0 radical (unpaired) electrons. The van der Waals surface area contributed by atoms with Gasteiger partial charge in [0.1, 0.15) is 11.3 Å². The smallest absolute Gasteiger partial charge is 0.341 e. The number of nitrogens with one attached hydrogen (secondary N) is 1. The molecule has 3 rings (SSSR count). The Morgan fingerprint density at radius 1 is 1.20 bits per heavy atom. The Kier molecular flexibility index (Phi) is 6.01. The number of carbonyl (C=O) groups excluding carboxylic acids is 2. The molecule has 1 heterocycles. The molecule has 1 N–H and O–H groups in total. The van der Waals surface area contributed by atoms with E-state index >= 15 is 0 Å². The topological polar surface area (TPSA) is 115 Å². The Balaban J connectivity index is 1.64. The summed E-state index contributed by atoms with van der Waals surface area (Å²) in [5, 5.41) is 14.6. The molecule has 0 unspecified atom stereocenters. The minimum atomic E-state index is -0.825. The maximum Gasteiger partial charge on any atom is 0.341 e. The lowest BCUT2D eigenvalue weighted by molar-refractivity contribution is -0.384. The molecule has 0 spiro atoms. The summed E-state index contributed by atoms with van der Waals surface area (Å²) in [6, 6.07) is 12.8. The molecule has 0 aliphatic rings. The van der Waals surface area contributed by atoms with Crippen LogP contribution in [-0.4, -0.2) is 37.5 Å². The van der Waals surface area contributed by atoms with E-state index in [-0.39, 0.29) is 11.3 Å². The normalized spacial score (nSPS) is 11.7. The molecule has 9 nitrogen and oxygen atoms in total. The number of rotatable bonds is 7. The van der Waals surface area contributed by atoms with Crippen LogP contribution in [0, 0.1) is 10.1 Å². The summed E-state index contributed by atoms with van der Waals surface area (Å²) in [6.45, 7) is 1.22. The molecule has 0 aliphatic carbocycles. The molecule has 0 aliphatic heterocycles. The average molecular weight is 411 g/mol. The Morgan fingerprint density at radius 2 is 1.93 bits per heavy atom. The number of para-hydroxylation sites is 1. The van der Waals surface area contributed by atoms with Crippen molar-refractivity contribution in [3.63, 3.8) is 0 Å². The first-order valence-corrected chi connectivity index (χ1v) is 9.17. The van der Waals surface area contributed by atoms with Crippen molar-refractivity contribution in [2.24, 2.45) is 0 Å². The van der Waals surface area contributed by atoms with Crippen LogP contribution in [0.2, 0.25) is 0 Å². The highest BCUT2D eigenvalue weighted by Crippen LogP contribution is 2.25. The number of fused-ring (bicyclic) bond motifs is 1. The van der Waals surface area contributed by atoms with Crippen LogP contribution in [0.15, 0.2) is 52.9 Å². The number of benzene rings is 2. The monoisotopic (exact) mass is 411 g/mol. The van der Waals surface area contributed by atoms with E-state index in [4.69, 9.17) is 9.15 Å². The van der Waals surface area contributed by atoms with Crippen molar-refractivity contribution in [3.8, 4) is 0 Å². The second-order valence-corrected chi connectivity index (χ2v) is 6.90. The van der Waals surface area contributed by atoms with Gasteiger partial charge in [0.25, 0.3) is 11.6 Å². The van der Waals surface area contributed by atoms with Crippen LogP contribution >= 0.6 is 0 Å². The van der Waals surface area contributed by atoms with Gasteiger partial charge in [-0.2, -0.15) is 0 Å². The van der Waals surface area contributed by atoms with Crippen LogP contribution in [0.1, 0.15) is 29.1 Å². The summed E-state index contributed by atoms with van der Waals surface area (Å²) in [7, 11) is 3.39. The largest absolute Gasteiger partial charge is 0.459 e. The number of ether oxygens (including phenoxy) is 1. The summed E-state index contributed by atoms with van der Waals surface area (Å²) in [6.07, 6.45) is 0.